The number of carbonyl (C=O) groups excluding carboxylic acids is 3. The van der Waals surface area contributed by atoms with Crippen LogP contribution in [0, 0.1) is 0 Å². The summed E-state index contributed by atoms with van der Waals surface area (Å²) in [5.74, 6) is 0. The predicted octanol–water partition coefficient (Wildman–Crippen LogP) is 0.300. The standard InChI is InChI=1S/C20H28N6O6/c27-15-21-9-5-1-3-7-12-24-18(30)25(13-8-4-2-6-10-22-16-28)20(32)26(19(24)31)14-11-23-17-29/h1-14H2. The fourth-order valence-corrected chi connectivity index (χ4v) is 3.17. The Labute approximate surface area is 184 Å². The van der Waals surface area contributed by atoms with Crippen molar-refractivity contribution in [3.05, 3.63) is 31.5 Å². The van der Waals surface area contributed by atoms with Crippen LogP contribution in [0.1, 0.15) is 51.4 Å². The second-order valence-electron chi connectivity index (χ2n) is 7.05. The molecule has 0 spiro atoms. The van der Waals surface area contributed by atoms with Gasteiger partial charge < -0.3 is 0 Å². The van der Waals surface area contributed by atoms with E-state index in [1.165, 1.54) is 18.2 Å². The van der Waals surface area contributed by atoms with Gasteiger partial charge in [-0.25, -0.2) is 57.4 Å². The van der Waals surface area contributed by atoms with Crippen molar-refractivity contribution >= 4 is 18.2 Å². The molecule has 0 aliphatic heterocycles. The van der Waals surface area contributed by atoms with Gasteiger partial charge in [-0.3, -0.25) is 0 Å². The van der Waals surface area contributed by atoms with Gasteiger partial charge in [0, 0.05) is 13.1 Å². The summed E-state index contributed by atoms with van der Waals surface area (Å²) < 4.78 is 2.99. The minimum atomic E-state index is -0.727. The number of nitrogens with zero attached hydrogens (tertiary/aromatic N) is 6. The molecule has 0 amide bonds. The summed E-state index contributed by atoms with van der Waals surface area (Å²) in [5.41, 5.74) is -2.12. The molecule has 12 nitrogen and oxygen atoms in total. The molecule has 0 N–H and O–H groups in total. The Balaban J connectivity index is 2.93. The van der Waals surface area contributed by atoms with E-state index in [0.717, 1.165) is 39.4 Å². The molecular weight excluding hydrogens is 420 g/mol. The molecule has 0 aromatic carbocycles. The highest BCUT2D eigenvalue weighted by Gasteiger charge is 2.15. The molecule has 1 heterocycles. The molecule has 1 aromatic heterocycles. The molecule has 0 fully saturated rings. The van der Waals surface area contributed by atoms with Crippen molar-refractivity contribution in [1.82, 2.24) is 13.7 Å². The lowest BCUT2D eigenvalue weighted by molar-refractivity contribution is 0.423. The molecule has 32 heavy (non-hydrogen) atoms. The number of hydrogen-bond acceptors (Lipinski definition) is 9. The first-order chi connectivity index (χ1) is 15.6. The SMILES string of the molecule is O=C=NCCCCCCn1c(=O)n(CCCCCCN=C=O)c(=O)n(CCN=C=O)c1=O. The molecule has 0 radical (unpaired) electrons. The van der Waals surface area contributed by atoms with Crippen LogP contribution in [0.15, 0.2) is 29.4 Å². The monoisotopic (exact) mass is 448 g/mol. The van der Waals surface area contributed by atoms with Crippen molar-refractivity contribution in [3.8, 4) is 0 Å². The second-order valence-corrected chi connectivity index (χ2v) is 7.05. The highest BCUT2D eigenvalue weighted by Crippen LogP contribution is 2.02. The Morgan fingerprint density at radius 1 is 0.469 bits per heavy atom. The third-order valence-electron chi connectivity index (χ3n) is 4.82. The zero-order chi connectivity index (χ0) is 23.6. The van der Waals surface area contributed by atoms with Crippen molar-refractivity contribution < 1.29 is 14.4 Å². The molecule has 1 aromatic rings. The predicted molar refractivity (Wildman–Crippen MR) is 115 cm³/mol. The Hall–Kier alpha value is -3.45. The van der Waals surface area contributed by atoms with Gasteiger partial charge >= 0.3 is 17.1 Å². The second kappa shape index (κ2) is 16.3. The van der Waals surface area contributed by atoms with Gasteiger partial charge in [-0.2, -0.15) is 0 Å². The number of isocyanates is 3. The lowest BCUT2D eigenvalue weighted by Crippen LogP contribution is -2.54. The van der Waals surface area contributed by atoms with Gasteiger partial charge in [0.2, 0.25) is 18.2 Å². The zero-order valence-electron chi connectivity index (χ0n) is 18.0. The van der Waals surface area contributed by atoms with Gasteiger partial charge in [0.1, 0.15) is 0 Å². The van der Waals surface area contributed by atoms with Crippen LogP contribution >= 0.6 is 0 Å². The normalized spacial score (nSPS) is 10.1. The van der Waals surface area contributed by atoms with Crippen LogP contribution in [-0.2, 0) is 34.0 Å². The third-order valence-corrected chi connectivity index (χ3v) is 4.82. The van der Waals surface area contributed by atoms with E-state index < -0.39 is 17.1 Å². The highest BCUT2D eigenvalue weighted by atomic mass is 16.2. The van der Waals surface area contributed by atoms with E-state index in [9.17, 15) is 28.8 Å². The third kappa shape index (κ3) is 9.14. The van der Waals surface area contributed by atoms with E-state index in [2.05, 4.69) is 15.0 Å². The average molecular weight is 448 g/mol. The van der Waals surface area contributed by atoms with Crippen molar-refractivity contribution in [2.75, 3.05) is 19.6 Å². The van der Waals surface area contributed by atoms with Gasteiger partial charge in [-0.05, 0) is 25.7 Å². The molecule has 0 atom stereocenters. The van der Waals surface area contributed by atoms with E-state index in [1.807, 2.05) is 0 Å². The van der Waals surface area contributed by atoms with Crippen molar-refractivity contribution in [3.63, 3.8) is 0 Å². The largest absolute Gasteiger partial charge is 0.336 e. The highest BCUT2D eigenvalue weighted by molar-refractivity contribution is 5.33. The summed E-state index contributed by atoms with van der Waals surface area (Å²) in [6, 6.07) is 0. The van der Waals surface area contributed by atoms with Crippen LogP contribution in [0.3, 0.4) is 0 Å². The quantitative estimate of drug-likeness (QED) is 0.190. The van der Waals surface area contributed by atoms with E-state index in [-0.39, 0.29) is 26.2 Å². The van der Waals surface area contributed by atoms with Crippen LogP contribution in [0.25, 0.3) is 0 Å². The van der Waals surface area contributed by atoms with Crippen LogP contribution in [-0.4, -0.2) is 51.6 Å². The number of aliphatic imine (C=N–C) groups is 3. The van der Waals surface area contributed by atoms with Gasteiger partial charge in [-0.1, -0.05) is 25.7 Å². The van der Waals surface area contributed by atoms with E-state index in [1.54, 1.807) is 0 Å². The molecule has 0 aliphatic rings. The van der Waals surface area contributed by atoms with Crippen LogP contribution < -0.4 is 17.1 Å². The Morgan fingerprint density at radius 2 is 0.812 bits per heavy atom. The van der Waals surface area contributed by atoms with Crippen LogP contribution in [0.4, 0.5) is 0 Å². The Bertz CT molecular complexity index is 968. The maximum Gasteiger partial charge on any atom is 0.336 e. The van der Waals surface area contributed by atoms with Gasteiger partial charge in [0.25, 0.3) is 0 Å². The fourth-order valence-electron chi connectivity index (χ4n) is 3.17. The molecule has 0 aliphatic carbocycles. The molecule has 12 heteroatoms. The van der Waals surface area contributed by atoms with Crippen molar-refractivity contribution in [2.45, 2.75) is 71.0 Å². The summed E-state index contributed by atoms with van der Waals surface area (Å²) in [6.45, 7) is 0.858. The van der Waals surface area contributed by atoms with E-state index in [4.69, 9.17) is 0 Å². The Kier molecular flexibility index (Phi) is 13.5. The van der Waals surface area contributed by atoms with Crippen LogP contribution in [0.5, 0.6) is 0 Å². The number of unbranched alkanes of at least 4 members (excludes halogenated alkanes) is 6. The summed E-state index contributed by atoms with van der Waals surface area (Å²) in [7, 11) is 0. The van der Waals surface area contributed by atoms with Gasteiger partial charge in [-0.15, -0.1) is 0 Å². The van der Waals surface area contributed by atoms with E-state index in [0.29, 0.717) is 38.8 Å². The minimum Gasteiger partial charge on any atom is -0.247 e. The fraction of sp³-hybridized carbons (Fsp3) is 0.700. The first-order valence-corrected chi connectivity index (χ1v) is 10.6. The maximum absolute atomic E-state index is 12.8. The zero-order valence-corrected chi connectivity index (χ0v) is 18.0. The first kappa shape index (κ1) is 26.6. The lowest BCUT2D eigenvalue weighted by atomic mass is 10.2. The van der Waals surface area contributed by atoms with Gasteiger partial charge in [0.05, 0.1) is 26.2 Å². The number of aromatic nitrogens is 3. The molecule has 0 saturated carbocycles. The molecule has 0 saturated heterocycles. The molecular formula is C20H28N6O6. The van der Waals surface area contributed by atoms with Gasteiger partial charge in [0.15, 0.2) is 0 Å². The van der Waals surface area contributed by atoms with Crippen molar-refractivity contribution in [2.24, 2.45) is 15.0 Å². The number of hydrogen-bond donors (Lipinski definition) is 0. The smallest absolute Gasteiger partial charge is 0.247 e. The van der Waals surface area contributed by atoms with Crippen molar-refractivity contribution in [1.29, 1.82) is 0 Å². The maximum atomic E-state index is 12.8. The number of rotatable bonds is 17. The summed E-state index contributed by atoms with van der Waals surface area (Å²) in [4.78, 5) is 79.0. The first-order valence-electron chi connectivity index (χ1n) is 10.6. The summed E-state index contributed by atoms with van der Waals surface area (Å²) >= 11 is 0. The Morgan fingerprint density at radius 3 is 1.22 bits per heavy atom. The summed E-state index contributed by atoms with van der Waals surface area (Å²) in [6.07, 6.45) is 9.79. The topological polar surface area (TPSA) is 154 Å². The molecule has 174 valence electrons. The molecule has 0 unspecified atom stereocenters. The van der Waals surface area contributed by atoms with Crippen LogP contribution in [0.2, 0.25) is 0 Å². The minimum absolute atomic E-state index is 0.0919. The lowest BCUT2D eigenvalue weighted by Gasteiger charge is -2.13. The molecule has 1 rings (SSSR count). The summed E-state index contributed by atoms with van der Waals surface area (Å²) in [5, 5.41) is 0. The molecule has 0 bridgehead atoms. The average Bonchev–Trinajstić information content (AvgIpc) is 2.78. The van der Waals surface area contributed by atoms with E-state index >= 15 is 0 Å².